The van der Waals surface area contributed by atoms with Gasteiger partial charge in [0.15, 0.2) is 0 Å². The molecule has 0 aromatic heterocycles. The highest BCUT2D eigenvalue weighted by atomic mass is 32.2. The van der Waals surface area contributed by atoms with Crippen LogP contribution in [0.25, 0.3) is 0 Å². The summed E-state index contributed by atoms with van der Waals surface area (Å²) in [6.07, 6.45) is -0.0347. The highest BCUT2D eigenvalue weighted by Crippen LogP contribution is 2.50. The van der Waals surface area contributed by atoms with Crippen LogP contribution in [0.3, 0.4) is 0 Å². The van der Waals surface area contributed by atoms with Gasteiger partial charge in [-0.1, -0.05) is 41.5 Å². The molecule has 1 aliphatic heterocycles. The Labute approximate surface area is 140 Å². The van der Waals surface area contributed by atoms with E-state index >= 15 is 0 Å². The van der Waals surface area contributed by atoms with Gasteiger partial charge in [0.25, 0.3) is 0 Å². The molecule has 0 aromatic rings. The van der Waals surface area contributed by atoms with Gasteiger partial charge in [-0.2, -0.15) is 0 Å². The van der Waals surface area contributed by atoms with E-state index in [1.807, 2.05) is 6.92 Å². The molecule has 1 heterocycles. The number of hydrogen-bond acceptors (Lipinski definition) is 4. The molecule has 128 valence electrons. The average molecular weight is 348 g/mol. The van der Waals surface area contributed by atoms with E-state index in [2.05, 4.69) is 34.6 Å². The first-order chi connectivity index (χ1) is 9.98. The third kappa shape index (κ3) is 3.68. The fourth-order valence-corrected chi connectivity index (χ4v) is 6.49. The highest BCUT2D eigenvalue weighted by Gasteiger charge is 2.58. The van der Waals surface area contributed by atoms with Crippen molar-refractivity contribution in [3.63, 3.8) is 0 Å². The highest BCUT2D eigenvalue weighted by molar-refractivity contribution is 7.99. The lowest BCUT2D eigenvalue weighted by Gasteiger charge is -2.56. The molecule has 0 spiro atoms. The molecule has 22 heavy (non-hydrogen) atoms. The number of hydrogen-bond donors (Lipinski definition) is 1. The van der Waals surface area contributed by atoms with Crippen LogP contribution in [0.5, 0.6) is 0 Å². The maximum atomic E-state index is 12.6. The van der Waals surface area contributed by atoms with E-state index in [0.717, 1.165) is 5.75 Å². The number of carbonyl (C=O) groups is 2. The molecule has 1 fully saturated rings. The van der Waals surface area contributed by atoms with Crippen molar-refractivity contribution in [1.82, 2.24) is 4.90 Å². The number of thioether (sulfide) groups is 1. The Kier molecular flexibility index (Phi) is 6.14. The van der Waals surface area contributed by atoms with Crippen molar-refractivity contribution in [1.29, 1.82) is 0 Å². The number of aliphatic carboxylic acids is 1. The minimum atomic E-state index is -0.960. The number of carboxylic acids is 1. The molecule has 3 atom stereocenters. The largest absolute Gasteiger partial charge is 0.480 e. The molecule has 1 aliphatic rings. The molecule has 1 saturated heterocycles. The normalized spacial score (nSPS) is 24.3. The molecule has 1 amide bonds. The van der Waals surface area contributed by atoms with Gasteiger partial charge in [0.05, 0.1) is 17.4 Å². The number of carbonyl (C=O) groups excluding carboxylic acids is 1. The maximum Gasteiger partial charge on any atom is 0.323 e. The smallest absolute Gasteiger partial charge is 0.323 e. The minimum Gasteiger partial charge on any atom is -0.480 e. The Balaban J connectivity index is 3.06. The van der Waals surface area contributed by atoms with E-state index in [1.165, 1.54) is 4.90 Å². The van der Waals surface area contributed by atoms with Crippen molar-refractivity contribution in [2.75, 3.05) is 12.3 Å². The molecule has 0 bridgehead atoms. The van der Waals surface area contributed by atoms with Crippen molar-refractivity contribution >= 4 is 34.1 Å². The summed E-state index contributed by atoms with van der Waals surface area (Å²) in [7, 11) is 0.612. The zero-order chi connectivity index (χ0) is 17.3. The Hall–Kier alpha value is -0.533. The van der Waals surface area contributed by atoms with Gasteiger partial charge < -0.3 is 14.4 Å². The summed E-state index contributed by atoms with van der Waals surface area (Å²) in [6, 6.07) is 0. The molecule has 0 saturated carbocycles. The van der Waals surface area contributed by atoms with E-state index in [4.69, 9.17) is 9.53 Å². The number of amides is 1. The van der Waals surface area contributed by atoms with Crippen LogP contribution in [-0.2, 0) is 14.0 Å². The Bertz CT molecular complexity index is 436. The van der Waals surface area contributed by atoms with Crippen LogP contribution >= 0.6 is 11.8 Å². The lowest BCUT2D eigenvalue weighted by Crippen LogP contribution is -2.67. The predicted octanol–water partition coefficient (Wildman–Crippen LogP) is 1.35. The lowest BCUT2D eigenvalue weighted by atomic mass is 9.63. The van der Waals surface area contributed by atoms with Crippen molar-refractivity contribution < 1.29 is 19.1 Å². The standard InChI is InChI=1S/C15H29NO4SSi/c1-7-21-12-10(11(19)16(12)8-9(17)18)15(5,6)13(20-22)14(2,3)4/h10,12-13H,7-8H2,1-6,22H3,(H,17,18)/t10?,12?,13-/m0/s1. The Morgan fingerprint density at radius 1 is 1.41 bits per heavy atom. The van der Waals surface area contributed by atoms with Crippen LogP contribution in [0.1, 0.15) is 41.5 Å². The second kappa shape index (κ2) is 6.92. The summed E-state index contributed by atoms with van der Waals surface area (Å²) < 4.78 is 5.87. The predicted molar refractivity (Wildman–Crippen MR) is 92.8 cm³/mol. The summed E-state index contributed by atoms with van der Waals surface area (Å²) in [6.45, 7) is 12.3. The molecule has 1 rings (SSSR count). The van der Waals surface area contributed by atoms with Gasteiger partial charge in [-0.25, -0.2) is 0 Å². The lowest BCUT2D eigenvalue weighted by molar-refractivity contribution is -0.171. The number of rotatable bonds is 7. The van der Waals surface area contributed by atoms with Gasteiger partial charge in [-0.05, 0) is 11.2 Å². The molecule has 0 aromatic carbocycles. The Morgan fingerprint density at radius 3 is 2.32 bits per heavy atom. The third-order valence-corrected chi connectivity index (χ3v) is 5.96. The van der Waals surface area contributed by atoms with E-state index in [0.29, 0.717) is 10.5 Å². The average Bonchev–Trinajstić information content (AvgIpc) is 2.33. The van der Waals surface area contributed by atoms with Crippen LogP contribution < -0.4 is 0 Å². The zero-order valence-electron chi connectivity index (χ0n) is 14.7. The van der Waals surface area contributed by atoms with E-state index in [1.54, 1.807) is 11.8 Å². The van der Waals surface area contributed by atoms with E-state index in [9.17, 15) is 9.59 Å². The second-order valence-electron chi connectivity index (χ2n) is 7.49. The van der Waals surface area contributed by atoms with Crippen LogP contribution in [0, 0.1) is 16.7 Å². The molecule has 0 radical (unpaired) electrons. The maximum absolute atomic E-state index is 12.6. The van der Waals surface area contributed by atoms with Crippen molar-refractivity contribution in [3.05, 3.63) is 0 Å². The van der Waals surface area contributed by atoms with Crippen molar-refractivity contribution in [3.8, 4) is 0 Å². The Morgan fingerprint density at radius 2 is 1.95 bits per heavy atom. The minimum absolute atomic E-state index is 0.0347. The summed E-state index contributed by atoms with van der Waals surface area (Å²) in [4.78, 5) is 25.0. The first kappa shape index (κ1) is 19.5. The molecular weight excluding hydrogens is 318 g/mol. The SMILES string of the molecule is CCSC1C(C(C)(C)[C@@H](O[SiH3])C(C)(C)C)C(=O)N1CC(=O)O. The van der Waals surface area contributed by atoms with Crippen LogP contribution in [0.15, 0.2) is 0 Å². The first-order valence-corrected chi connectivity index (χ1v) is 9.51. The molecular formula is C15H29NO4SSi. The second-order valence-corrected chi connectivity index (χ2v) is 9.35. The fraction of sp³-hybridized carbons (Fsp3) is 0.867. The van der Waals surface area contributed by atoms with Crippen LogP contribution in [0.4, 0.5) is 0 Å². The third-order valence-electron chi connectivity index (χ3n) is 4.28. The molecule has 0 aliphatic carbocycles. The molecule has 1 N–H and O–H groups in total. The van der Waals surface area contributed by atoms with E-state index in [-0.39, 0.29) is 40.7 Å². The van der Waals surface area contributed by atoms with Gasteiger partial charge in [-0.3, -0.25) is 9.59 Å². The van der Waals surface area contributed by atoms with Crippen molar-refractivity contribution in [2.45, 2.75) is 53.0 Å². The van der Waals surface area contributed by atoms with Gasteiger partial charge in [0.1, 0.15) is 17.0 Å². The number of likely N-dealkylation sites (tertiary alicyclic amines) is 1. The van der Waals surface area contributed by atoms with E-state index < -0.39 is 5.97 Å². The summed E-state index contributed by atoms with van der Waals surface area (Å²) in [5.41, 5.74) is -0.404. The van der Waals surface area contributed by atoms with Crippen LogP contribution in [0.2, 0.25) is 0 Å². The fourth-order valence-electron chi connectivity index (χ4n) is 3.82. The summed E-state index contributed by atoms with van der Waals surface area (Å²) >= 11 is 1.64. The summed E-state index contributed by atoms with van der Waals surface area (Å²) in [5, 5.41) is 8.93. The van der Waals surface area contributed by atoms with Gasteiger partial charge in [0.2, 0.25) is 5.91 Å². The van der Waals surface area contributed by atoms with Gasteiger partial charge >= 0.3 is 5.97 Å². The molecule has 2 unspecified atom stereocenters. The quantitative estimate of drug-likeness (QED) is 0.556. The van der Waals surface area contributed by atoms with Gasteiger partial charge in [0, 0.05) is 5.41 Å². The molecule has 7 heteroatoms. The van der Waals surface area contributed by atoms with Crippen molar-refractivity contribution in [2.24, 2.45) is 16.7 Å². The topological polar surface area (TPSA) is 66.8 Å². The number of carboxylic acid groups (broad SMARTS) is 1. The summed E-state index contributed by atoms with van der Waals surface area (Å²) in [5.74, 6) is -0.373. The number of β-lactam (4-membered cyclic amide) rings is 1. The number of nitrogens with zero attached hydrogens (tertiary/aromatic N) is 1. The van der Waals surface area contributed by atoms with Gasteiger partial charge in [-0.15, -0.1) is 11.8 Å². The molecule has 5 nitrogen and oxygen atoms in total. The zero-order valence-corrected chi connectivity index (χ0v) is 17.5. The monoisotopic (exact) mass is 347 g/mol. The van der Waals surface area contributed by atoms with Crippen LogP contribution in [-0.4, -0.2) is 56.1 Å². The first-order valence-electron chi connectivity index (χ1n) is 7.65.